The molecular weight excluding hydrogens is 224 g/mol. The Morgan fingerprint density at radius 1 is 1.62 bits per heavy atom. The third kappa shape index (κ3) is 2.20. The Morgan fingerprint density at radius 3 is 2.69 bits per heavy atom. The summed E-state index contributed by atoms with van der Waals surface area (Å²) in [4.78, 5) is 22.0. The van der Waals surface area contributed by atoms with Gasteiger partial charge in [-0.1, -0.05) is 0 Å². The lowest BCUT2D eigenvalue weighted by Crippen LogP contribution is -2.13. The summed E-state index contributed by atoms with van der Waals surface area (Å²) < 4.78 is 25.1. The average Bonchev–Trinajstić information content (AvgIpc) is 2.16. The zero-order valence-electron chi connectivity index (χ0n) is 7.74. The highest BCUT2D eigenvalue weighted by Crippen LogP contribution is 2.29. The zero-order chi connectivity index (χ0) is 12.3. The maximum atomic E-state index is 12.6. The first-order chi connectivity index (χ1) is 7.47. The van der Waals surface area contributed by atoms with Crippen LogP contribution in [0.15, 0.2) is 10.9 Å². The molecule has 1 aromatic rings. The number of nitrogens with one attached hydrogen (secondary N) is 1. The van der Waals surface area contributed by atoms with Crippen molar-refractivity contribution >= 4 is 5.82 Å². The van der Waals surface area contributed by atoms with Crippen LogP contribution in [0.4, 0.5) is 14.6 Å². The van der Waals surface area contributed by atoms with Crippen LogP contribution in [0.5, 0.6) is 0 Å². The highest BCUT2D eigenvalue weighted by molar-refractivity contribution is 5.41. The van der Waals surface area contributed by atoms with Gasteiger partial charge < -0.3 is 10.1 Å². The Labute approximate surface area is 87.3 Å². The van der Waals surface area contributed by atoms with Crippen molar-refractivity contribution in [2.75, 3.05) is 0 Å². The number of hydrogen-bond donors (Lipinski definition) is 1. The lowest BCUT2D eigenvalue weighted by atomic mass is 10.1. The Kier molecular flexibility index (Phi) is 3.30. The summed E-state index contributed by atoms with van der Waals surface area (Å²) in [6, 6.07) is 2.33. The van der Waals surface area contributed by atoms with Gasteiger partial charge in [-0.05, 0) is 10.5 Å². The third-order valence-corrected chi connectivity index (χ3v) is 1.82. The van der Waals surface area contributed by atoms with E-state index in [1.54, 1.807) is 11.1 Å². The van der Waals surface area contributed by atoms with Crippen molar-refractivity contribution in [2.45, 2.75) is 12.8 Å². The second kappa shape index (κ2) is 4.48. The number of nitro groups is 1. The first-order valence-corrected chi connectivity index (χ1v) is 4.03. The first kappa shape index (κ1) is 11.8. The highest BCUT2D eigenvalue weighted by atomic mass is 19.3. The maximum Gasteiger partial charge on any atom is 0.333 e. The van der Waals surface area contributed by atoms with Crippen LogP contribution in [0.1, 0.15) is 17.6 Å². The molecule has 0 fully saturated rings. The van der Waals surface area contributed by atoms with Crippen LogP contribution in [0.2, 0.25) is 0 Å². The van der Waals surface area contributed by atoms with Gasteiger partial charge in [0.1, 0.15) is 5.56 Å². The molecule has 6 nitrogen and oxygen atoms in total. The fraction of sp³-hybridized carbons (Fsp3) is 0.250. The van der Waals surface area contributed by atoms with Crippen LogP contribution in [0, 0.1) is 21.4 Å². The van der Waals surface area contributed by atoms with Crippen LogP contribution in [-0.2, 0) is 6.42 Å². The van der Waals surface area contributed by atoms with Crippen LogP contribution in [0.3, 0.4) is 0 Å². The number of pyridine rings is 1. The molecule has 0 amide bonds. The summed E-state index contributed by atoms with van der Waals surface area (Å²) >= 11 is 0. The summed E-state index contributed by atoms with van der Waals surface area (Å²) in [7, 11) is 0. The topological polar surface area (TPSA) is 99.8 Å². The van der Waals surface area contributed by atoms with Crippen LogP contribution < -0.4 is 5.56 Å². The van der Waals surface area contributed by atoms with Gasteiger partial charge in [0.05, 0.1) is 12.5 Å². The molecule has 0 unspecified atom stereocenters. The van der Waals surface area contributed by atoms with Crippen molar-refractivity contribution in [2.24, 2.45) is 0 Å². The molecule has 0 radical (unpaired) electrons. The fourth-order valence-electron chi connectivity index (χ4n) is 1.23. The molecule has 8 heteroatoms. The minimum atomic E-state index is -3.12. The van der Waals surface area contributed by atoms with Crippen molar-refractivity contribution in [3.63, 3.8) is 0 Å². The van der Waals surface area contributed by atoms with Gasteiger partial charge in [0, 0.05) is 6.07 Å². The van der Waals surface area contributed by atoms with Crippen molar-refractivity contribution in [3.8, 4) is 6.07 Å². The predicted molar refractivity (Wildman–Crippen MR) is 48.0 cm³/mol. The van der Waals surface area contributed by atoms with E-state index in [9.17, 15) is 23.7 Å². The molecule has 0 saturated carbocycles. The molecule has 0 aliphatic rings. The smallest absolute Gasteiger partial charge is 0.333 e. The minimum absolute atomic E-state index is 0.326. The first-order valence-electron chi connectivity index (χ1n) is 4.03. The monoisotopic (exact) mass is 229 g/mol. The summed E-state index contributed by atoms with van der Waals surface area (Å²) in [6.45, 7) is 0. The molecule has 0 atom stereocenters. The largest absolute Gasteiger partial charge is 0.358 e. The lowest BCUT2D eigenvalue weighted by Gasteiger charge is -2.06. The number of aromatic nitrogens is 1. The molecule has 0 saturated heterocycles. The number of halogens is 2. The Bertz CT molecular complexity index is 518. The highest BCUT2D eigenvalue weighted by Gasteiger charge is 2.26. The van der Waals surface area contributed by atoms with E-state index >= 15 is 0 Å². The summed E-state index contributed by atoms with van der Waals surface area (Å²) in [6.07, 6.45) is -3.61. The van der Waals surface area contributed by atoms with E-state index in [2.05, 4.69) is 0 Å². The van der Waals surface area contributed by atoms with Crippen molar-refractivity contribution < 1.29 is 13.7 Å². The van der Waals surface area contributed by atoms with Crippen molar-refractivity contribution in [3.05, 3.63) is 37.7 Å². The standard InChI is InChI=1S/C8H5F2N3O3/c9-7(10)6-4(1-2-11)3-5(14)12-8(6)13(15)16/h3,7H,1H2,(H,12,14). The van der Waals surface area contributed by atoms with E-state index in [0.717, 1.165) is 6.07 Å². The number of hydrogen-bond acceptors (Lipinski definition) is 4. The summed E-state index contributed by atoms with van der Waals surface area (Å²) in [5.41, 5.74) is -2.12. The van der Waals surface area contributed by atoms with E-state index in [1.165, 1.54) is 0 Å². The molecule has 84 valence electrons. The quantitative estimate of drug-likeness (QED) is 0.623. The molecule has 1 N–H and O–H groups in total. The fourth-order valence-corrected chi connectivity index (χ4v) is 1.23. The number of aromatic amines is 1. The number of H-pyrrole nitrogens is 1. The van der Waals surface area contributed by atoms with Crippen molar-refractivity contribution in [1.82, 2.24) is 4.98 Å². The Morgan fingerprint density at radius 2 is 2.25 bits per heavy atom. The van der Waals surface area contributed by atoms with E-state index in [1.807, 2.05) is 0 Å². The zero-order valence-corrected chi connectivity index (χ0v) is 7.74. The average molecular weight is 229 g/mol. The molecule has 16 heavy (non-hydrogen) atoms. The van der Waals surface area contributed by atoms with E-state index in [0.29, 0.717) is 0 Å². The number of nitriles is 1. The molecular formula is C8H5F2N3O3. The van der Waals surface area contributed by atoms with Gasteiger partial charge in [-0.2, -0.15) is 5.26 Å². The van der Waals surface area contributed by atoms with E-state index < -0.39 is 34.7 Å². The predicted octanol–water partition coefficient (Wildman–Crippen LogP) is 1.29. The minimum Gasteiger partial charge on any atom is -0.358 e. The maximum absolute atomic E-state index is 12.6. The molecule has 0 spiro atoms. The molecule has 0 bridgehead atoms. The molecule has 1 heterocycles. The Balaban J connectivity index is 3.55. The van der Waals surface area contributed by atoms with Gasteiger partial charge in [-0.15, -0.1) is 0 Å². The third-order valence-electron chi connectivity index (χ3n) is 1.82. The van der Waals surface area contributed by atoms with Crippen LogP contribution in [0.25, 0.3) is 0 Å². The van der Waals surface area contributed by atoms with Gasteiger partial charge in [-0.25, -0.2) is 18.6 Å². The number of rotatable bonds is 3. The van der Waals surface area contributed by atoms with Gasteiger partial charge >= 0.3 is 11.4 Å². The number of nitrogens with zero attached hydrogens (tertiary/aromatic N) is 2. The van der Waals surface area contributed by atoms with Gasteiger partial charge in [0.15, 0.2) is 0 Å². The molecule has 0 aliphatic carbocycles. The van der Waals surface area contributed by atoms with Gasteiger partial charge in [0.2, 0.25) is 0 Å². The number of alkyl halides is 2. The summed E-state index contributed by atoms with van der Waals surface area (Å²) in [5.74, 6) is -1.06. The molecule has 1 rings (SSSR count). The molecule has 0 aromatic carbocycles. The van der Waals surface area contributed by atoms with E-state index in [4.69, 9.17) is 5.26 Å². The molecule has 0 aliphatic heterocycles. The normalized spacial score (nSPS) is 10.1. The van der Waals surface area contributed by atoms with Gasteiger partial charge in [0.25, 0.3) is 6.43 Å². The van der Waals surface area contributed by atoms with Crippen LogP contribution >= 0.6 is 0 Å². The second-order valence-corrected chi connectivity index (χ2v) is 2.81. The van der Waals surface area contributed by atoms with Gasteiger partial charge in [-0.3, -0.25) is 0 Å². The SMILES string of the molecule is N#CCc1cc(=O)[nH]c([N+](=O)[O-])c1C(F)F. The lowest BCUT2D eigenvalue weighted by molar-refractivity contribution is -0.391. The van der Waals surface area contributed by atoms with Crippen molar-refractivity contribution in [1.29, 1.82) is 5.26 Å². The van der Waals surface area contributed by atoms with Crippen LogP contribution in [-0.4, -0.2) is 9.91 Å². The Hall–Kier alpha value is -2.30. The second-order valence-electron chi connectivity index (χ2n) is 2.81. The summed E-state index contributed by atoms with van der Waals surface area (Å²) in [5, 5.41) is 18.8. The molecule has 1 aromatic heterocycles. The van der Waals surface area contributed by atoms with E-state index in [-0.39, 0.29) is 5.56 Å².